The molecule has 0 spiro atoms. The van der Waals surface area contributed by atoms with Crippen molar-refractivity contribution in [1.29, 1.82) is 0 Å². The Morgan fingerprint density at radius 1 is 0.568 bits per heavy atom. The molecule has 2 aromatic carbocycles. The monoisotopic (exact) mass is 606 g/mol. The van der Waals surface area contributed by atoms with Crippen molar-refractivity contribution >= 4 is 46.6 Å². The molecule has 44 heavy (non-hydrogen) atoms. The van der Waals surface area contributed by atoms with E-state index in [0.29, 0.717) is 11.4 Å². The highest BCUT2D eigenvalue weighted by atomic mass is 16.2. The Morgan fingerprint density at radius 2 is 0.955 bits per heavy atom. The summed E-state index contributed by atoms with van der Waals surface area (Å²) >= 11 is 0. The van der Waals surface area contributed by atoms with Crippen LogP contribution in [0.5, 0.6) is 0 Å². The molecule has 18 nitrogen and oxygen atoms in total. The maximum Gasteiger partial charge on any atom is 0.292 e. The maximum absolute atomic E-state index is 13.0. The summed E-state index contributed by atoms with van der Waals surface area (Å²) in [4.78, 5) is 77.0. The van der Waals surface area contributed by atoms with Gasteiger partial charge in [0.25, 0.3) is 23.4 Å². The van der Waals surface area contributed by atoms with Gasteiger partial charge >= 0.3 is 0 Å². The molecule has 0 fully saturated rings. The number of ketones is 2. The zero-order valence-corrected chi connectivity index (χ0v) is 22.7. The molecule has 228 valence electrons. The van der Waals surface area contributed by atoms with Crippen molar-refractivity contribution in [2.45, 2.75) is 26.2 Å². The Morgan fingerprint density at radius 3 is 1.36 bits per heavy atom. The van der Waals surface area contributed by atoms with Crippen molar-refractivity contribution in [3.8, 4) is 0 Å². The third-order valence-corrected chi connectivity index (χ3v) is 6.15. The molecule has 0 atom stereocenters. The molecular weight excluding hydrogens is 580 g/mol. The molecule has 0 aliphatic carbocycles. The molecule has 2 aromatic heterocycles. The molecule has 5 rings (SSSR count). The van der Waals surface area contributed by atoms with Crippen molar-refractivity contribution in [1.82, 2.24) is 40.6 Å². The lowest BCUT2D eigenvalue weighted by Crippen LogP contribution is -2.34. The molecule has 4 amide bonds. The van der Waals surface area contributed by atoms with Gasteiger partial charge in [-0.25, -0.2) is 9.36 Å². The molecule has 0 radical (unpaired) electrons. The second kappa shape index (κ2) is 14.2. The summed E-state index contributed by atoms with van der Waals surface area (Å²) in [6, 6.07) is 11.9. The van der Waals surface area contributed by atoms with Crippen LogP contribution in [0.3, 0.4) is 0 Å². The summed E-state index contributed by atoms with van der Waals surface area (Å²) < 4.78 is 2.41. The Kier molecular flexibility index (Phi) is 10.4. The average Bonchev–Trinajstić information content (AvgIpc) is 3.62. The van der Waals surface area contributed by atoms with Gasteiger partial charge in [0.2, 0.25) is 11.8 Å². The minimum absolute atomic E-state index is 0. The number of para-hydroxylation sites is 2. The van der Waals surface area contributed by atoms with Gasteiger partial charge in [-0.1, -0.05) is 34.7 Å². The van der Waals surface area contributed by atoms with E-state index in [1.807, 2.05) is 0 Å². The fourth-order valence-corrected chi connectivity index (χ4v) is 4.08. The molecule has 4 aromatic rings. The van der Waals surface area contributed by atoms with Crippen molar-refractivity contribution in [2.75, 3.05) is 10.6 Å². The van der Waals surface area contributed by atoms with Crippen molar-refractivity contribution in [3.63, 3.8) is 0 Å². The first-order valence-electron chi connectivity index (χ1n) is 12.5. The van der Waals surface area contributed by atoms with Gasteiger partial charge in [0.1, 0.15) is 13.1 Å². The molecule has 1 aliphatic heterocycles. The summed E-state index contributed by atoms with van der Waals surface area (Å²) in [5.41, 5.74) is 0.684. The number of benzene rings is 2. The summed E-state index contributed by atoms with van der Waals surface area (Å²) in [7, 11) is 0. The number of hydrogen-bond acceptors (Lipinski definition) is 10. The summed E-state index contributed by atoms with van der Waals surface area (Å²) in [5, 5.41) is 25.3. The van der Waals surface area contributed by atoms with E-state index in [0.717, 1.165) is 0 Å². The summed E-state index contributed by atoms with van der Waals surface area (Å²) in [6.45, 7) is -1.08. The molecule has 0 unspecified atom stereocenters. The summed E-state index contributed by atoms with van der Waals surface area (Å²) in [5.74, 6) is -4.92. The molecule has 0 bridgehead atoms. The van der Waals surface area contributed by atoms with E-state index in [1.54, 1.807) is 12.1 Å². The van der Waals surface area contributed by atoms with Crippen LogP contribution in [0.15, 0.2) is 60.9 Å². The number of amides is 4. The van der Waals surface area contributed by atoms with E-state index in [9.17, 15) is 28.8 Å². The van der Waals surface area contributed by atoms with Crippen molar-refractivity contribution in [3.05, 3.63) is 83.4 Å². The molecular formula is C26H26N10O8. The number of nitrogens with one attached hydrogen (secondary N) is 4. The van der Waals surface area contributed by atoms with Crippen LogP contribution >= 0.6 is 0 Å². The topological polar surface area (TPSA) is 275 Å². The highest BCUT2D eigenvalue weighted by molar-refractivity contribution is 6.44. The first-order valence-corrected chi connectivity index (χ1v) is 12.5. The number of carbonyl (C=O) groups excluding carboxylic acids is 6. The SMILES string of the molecule is O.O.O=C1Cn2nncc2CNC(=O)C(=O)c2ccccc2NC(=O)Cn2nncc2CNC(=O)C(=O)c2ccccc2N1. The van der Waals surface area contributed by atoms with Gasteiger partial charge in [-0.15, -0.1) is 10.2 Å². The Bertz CT molecular complexity index is 1600. The smallest absolute Gasteiger partial charge is 0.292 e. The van der Waals surface area contributed by atoms with E-state index in [2.05, 4.69) is 41.9 Å². The first-order chi connectivity index (χ1) is 20.3. The fourth-order valence-electron chi connectivity index (χ4n) is 4.08. The van der Waals surface area contributed by atoms with Crippen LogP contribution in [-0.4, -0.2) is 76.1 Å². The van der Waals surface area contributed by atoms with Crippen LogP contribution in [0, 0.1) is 0 Å². The predicted molar refractivity (Wildman–Crippen MR) is 150 cm³/mol. The zero-order valence-electron chi connectivity index (χ0n) is 22.7. The van der Waals surface area contributed by atoms with Crippen LogP contribution in [0.25, 0.3) is 0 Å². The number of carbonyl (C=O) groups is 6. The Hall–Kier alpha value is -6.14. The van der Waals surface area contributed by atoms with Crippen LogP contribution in [0.1, 0.15) is 32.1 Å². The second-order valence-corrected chi connectivity index (χ2v) is 8.98. The number of fused-ring (bicyclic) bond motifs is 4. The van der Waals surface area contributed by atoms with Crippen LogP contribution in [0.2, 0.25) is 0 Å². The van der Waals surface area contributed by atoms with Gasteiger partial charge in [-0.3, -0.25) is 28.8 Å². The van der Waals surface area contributed by atoms with Crippen LogP contribution in [-0.2, 0) is 45.4 Å². The minimum Gasteiger partial charge on any atom is -0.412 e. The average molecular weight is 607 g/mol. The van der Waals surface area contributed by atoms with Crippen molar-refractivity contribution in [2.24, 2.45) is 0 Å². The highest BCUT2D eigenvalue weighted by Gasteiger charge is 2.24. The lowest BCUT2D eigenvalue weighted by atomic mass is 10.1. The van der Waals surface area contributed by atoms with Gasteiger partial charge in [0.15, 0.2) is 0 Å². The van der Waals surface area contributed by atoms with Crippen LogP contribution in [0.4, 0.5) is 11.4 Å². The number of Topliss-reactive ketones (excluding diaryl/α,β-unsaturated/α-hetero) is 2. The predicted octanol–water partition coefficient (Wildman–Crippen LogP) is -2.19. The number of hydrogen-bond donors (Lipinski definition) is 4. The van der Waals surface area contributed by atoms with E-state index >= 15 is 0 Å². The molecule has 0 saturated carbocycles. The lowest BCUT2D eigenvalue weighted by Gasteiger charge is -2.13. The van der Waals surface area contributed by atoms with E-state index < -0.39 is 35.2 Å². The zero-order chi connectivity index (χ0) is 29.6. The number of nitrogens with zero attached hydrogens (tertiary/aromatic N) is 6. The van der Waals surface area contributed by atoms with Gasteiger partial charge in [-0.2, -0.15) is 0 Å². The normalized spacial score (nSPS) is 14.6. The minimum atomic E-state index is -0.960. The van der Waals surface area contributed by atoms with E-state index in [-0.39, 0.29) is 59.6 Å². The third-order valence-electron chi connectivity index (χ3n) is 6.15. The van der Waals surface area contributed by atoms with Gasteiger partial charge in [0, 0.05) is 0 Å². The van der Waals surface area contributed by atoms with Crippen molar-refractivity contribution < 1.29 is 39.7 Å². The highest BCUT2D eigenvalue weighted by Crippen LogP contribution is 2.18. The number of rotatable bonds is 0. The van der Waals surface area contributed by atoms with Crippen LogP contribution < -0.4 is 21.3 Å². The standard InChI is InChI=1S/C26H22N10O6.2H2O/c37-21-13-35-16(12-30-33-35)10-28-26(42)24(40)18-6-2-4-8-20(18)32-22(38)14-36-15(11-29-34-36)9-27-25(41)23(39)17-5-1-3-7-19(17)31-21;;/h1-8,11-12H,9-10,13-14H2,(H,27,41)(H,28,42)(H,31,37)(H,32,38);2*1H2. The van der Waals surface area contributed by atoms with Gasteiger partial charge in [-0.05, 0) is 24.3 Å². The molecule has 3 heterocycles. The Balaban J connectivity index is 0.00000264. The Labute approximate surface area is 247 Å². The molecule has 0 saturated heterocycles. The maximum atomic E-state index is 13.0. The largest absolute Gasteiger partial charge is 0.412 e. The quantitative estimate of drug-likeness (QED) is 0.157. The molecule has 1 aliphatic rings. The summed E-state index contributed by atoms with van der Waals surface area (Å²) in [6.07, 6.45) is 2.62. The van der Waals surface area contributed by atoms with Gasteiger partial charge in [0.05, 0.1) is 59.4 Å². The molecule has 8 N–H and O–H groups in total. The van der Waals surface area contributed by atoms with E-state index in [1.165, 1.54) is 58.2 Å². The fraction of sp³-hybridized carbons (Fsp3) is 0.154. The van der Waals surface area contributed by atoms with Gasteiger partial charge < -0.3 is 32.2 Å². The lowest BCUT2D eigenvalue weighted by molar-refractivity contribution is -0.118. The van der Waals surface area contributed by atoms with E-state index in [4.69, 9.17) is 0 Å². The first kappa shape index (κ1) is 32.4. The number of aromatic nitrogens is 6. The third kappa shape index (κ3) is 7.19. The number of anilines is 2. The molecule has 18 heteroatoms. The second-order valence-electron chi connectivity index (χ2n) is 8.98.